The Hall–Kier alpha value is -2.08. The van der Waals surface area contributed by atoms with E-state index in [4.69, 9.17) is 18.9 Å². The van der Waals surface area contributed by atoms with Crippen LogP contribution in [0, 0.1) is 5.41 Å². The van der Waals surface area contributed by atoms with Crippen molar-refractivity contribution in [2.24, 2.45) is 5.41 Å². The van der Waals surface area contributed by atoms with Crippen molar-refractivity contribution in [3.8, 4) is 0 Å². The van der Waals surface area contributed by atoms with Crippen molar-refractivity contribution >= 4 is 23.5 Å². The second kappa shape index (κ2) is 19.1. The van der Waals surface area contributed by atoms with Crippen molar-refractivity contribution < 1.29 is 38.1 Å². The number of Topliss-reactive ketones (excluding diaryl/α,β-unsaturated/α-hetero) is 1. The first-order valence-electron chi connectivity index (χ1n) is 12.4. The van der Waals surface area contributed by atoms with E-state index in [2.05, 4.69) is 0 Å². The summed E-state index contributed by atoms with van der Waals surface area (Å²) < 4.78 is 21.6. The number of amides is 3. The van der Waals surface area contributed by atoms with E-state index >= 15 is 0 Å². The molecular formula is C25H47N3O8. The molecule has 0 spiro atoms. The van der Waals surface area contributed by atoms with Crippen LogP contribution in [0.3, 0.4) is 0 Å². The number of hydrogen-bond acceptors (Lipinski definition) is 8. The lowest BCUT2D eigenvalue weighted by molar-refractivity contribution is -0.136. The Kier molecular flexibility index (Phi) is 18.0. The first-order chi connectivity index (χ1) is 16.9. The minimum absolute atomic E-state index is 0.00702. The SMILES string of the molecule is CC(=O)N(C)CCCC(=O)N(C)CCOCCOCC(=O)N(C)CCOCCOCC(=O)C(C)(C)C. The number of rotatable bonds is 20. The zero-order valence-electron chi connectivity index (χ0n) is 23.3. The number of carbonyl (C=O) groups is 4. The molecule has 0 rings (SSSR count). The number of ether oxygens (including phenoxy) is 4. The summed E-state index contributed by atoms with van der Waals surface area (Å²) in [5.41, 5.74) is -0.411. The molecule has 0 saturated carbocycles. The Morgan fingerprint density at radius 2 is 1.08 bits per heavy atom. The van der Waals surface area contributed by atoms with Crippen LogP contribution in [0.1, 0.15) is 40.5 Å². The molecule has 0 atom stereocenters. The molecule has 0 heterocycles. The van der Waals surface area contributed by atoms with Gasteiger partial charge in [0.2, 0.25) is 17.7 Å². The lowest BCUT2D eigenvalue weighted by atomic mass is 9.91. The quantitative estimate of drug-likeness (QED) is 0.218. The normalized spacial score (nSPS) is 11.3. The number of hydrogen-bond donors (Lipinski definition) is 0. The fraction of sp³-hybridized carbons (Fsp3) is 0.840. The number of carbonyl (C=O) groups excluding carboxylic acids is 4. The van der Waals surface area contributed by atoms with Crippen LogP contribution < -0.4 is 0 Å². The van der Waals surface area contributed by atoms with E-state index in [1.54, 1.807) is 30.9 Å². The van der Waals surface area contributed by atoms with E-state index in [1.807, 2.05) is 20.8 Å². The van der Waals surface area contributed by atoms with Crippen LogP contribution in [0.5, 0.6) is 0 Å². The lowest BCUT2D eigenvalue weighted by Gasteiger charge is -2.19. The zero-order chi connectivity index (χ0) is 27.6. The third-order valence-corrected chi connectivity index (χ3v) is 5.45. The monoisotopic (exact) mass is 517 g/mol. The number of nitrogens with zero attached hydrogens (tertiary/aromatic N) is 3. The zero-order valence-corrected chi connectivity index (χ0v) is 23.3. The maximum absolute atomic E-state index is 12.1. The Morgan fingerprint density at radius 1 is 0.611 bits per heavy atom. The first-order valence-corrected chi connectivity index (χ1v) is 12.4. The van der Waals surface area contributed by atoms with Crippen molar-refractivity contribution in [2.75, 3.05) is 93.6 Å². The van der Waals surface area contributed by atoms with Crippen LogP contribution in [0.25, 0.3) is 0 Å². The molecule has 11 nitrogen and oxygen atoms in total. The second-order valence-electron chi connectivity index (χ2n) is 9.68. The van der Waals surface area contributed by atoms with Crippen LogP contribution in [0.4, 0.5) is 0 Å². The molecule has 36 heavy (non-hydrogen) atoms. The van der Waals surface area contributed by atoms with E-state index in [0.29, 0.717) is 65.5 Å². The van der Waals surface area contributed by atoms with Gasteiger partial charge in [0.15, 0.2) is 5.78 Å². The summed E-state index contributed by atoms with van der Waals surface area (Å²) in [6, 6.07) is 0. The summed E-state index contributed by atoms with van der Waals surface area (Å²) in [7, 11) is 5.11. The molecule has 0 aromatic rings. The summed E-state index contributed by atoms with van der Waals surface area (Å²) >= 11 is 0. The van der Waals surface area contributed by atoms with E-state index in [0.717, 1.165) is 0 Å². The summed E-state index contributed by atoms with van der Waals surface area (Å²) in [4.78, 5) is 51.8. The molecule has 0 aromatic carbocycles. The van der Waals surface area contributed by atoms with Crippen molar-refractivity contribution in [1.82, 2.24) is 14.7 Å². The Labute approximate surface area is 216 Å². The van der Waals surface area contributed by atoms with Gasteiger partial charge >= 0.3 is 0 Å². The van der Waals surface area contributed by atoms with Crippen molar-refractivity contribution in [2.45, 2.75) is 40.5 Å². The van der Waals surface area contributed by atoms with Crippen molar-refractivity contribution in [1.29, 1.82) is 0 Å². The van der Waals surface area contributed by atoms with Crippen molar-refractivity contribution in [3.63, 3.8) is 0 Å². The van der Waals surface area contributed by atoms with Crippen LogP contribution >= 0.6 is 0 Å². The first kappa shape index (κ1) is 33.9. The maximum Gasteiger partial charge on any atom is 0.248 e. The highest BCUT2D eigenvalue weighted by molar-refractivity contribution is 5.84. The molecule has 0 fully saturated rings. The van der Waals surface area contributed by atoms with Gasteiger partial charge in [-0.25, -0.2) is 0 Å². The molecule has 210 valence electrons. The minimum Gasteiger partial charge on any atom is -0.377 e. The summed E-state index contributed by atoms with van der Waals surface area (Å²) in [6.45, 7) is 10.5. The molecular weight excluding hydrogens is 470 g/mol. The molecule has 0 aromatic heterocycles. The van der Waals surface area contributed by atoms with Gasteiger partial charge < -0.3 is 33.6 Å². The fourth-order valence-electron chi connectivity index (χ4n) is 2.56. The predicted molar refractivity (Wildman–Crippen MR) is 136 cm³/mol. The summed E-state index contributed by atoms with van der Waals surface area (Å²) in [5, 5.41) is 0. The maximum atomic E-state index is 12.1. The highest BCUT2D eigenvalue weighted by Crippen LogP contribution is 2.14. The second-order valence-corrected chi connectivity index (χ2v) is 9.68. The van der Waals surface area contributed by atoms with Gasteiger partial charge in [-0.2, -0.15) is 0 Å². The van der Waals surface area contributed by atoms with Gasteiger partial charge in [0, 0.05) is 59.5 Å². The standard InChI is InChI=1S/C25H47N3O8/c1-21(29)26(5)10-8-9-23(31)27(6)11-13-33-16-18-36-20-24(32)28(7)12-14-34-15-17-35-19-22(30)25(2,3)4/h8-20H2,1-7H3. The molecule has 11 heteroatoms. The third kappa shape index (κ3) is 17.4. The largest absolute Gasteiger partial charge is 0.377 e. The summed E-state index contributed by atoms with van der Waals surface area (Å²) in [5.74, 6) is -0.126. The smallest absolute Gasteiger partial charge is 0.248 e. The van der Waals surface area contributed by atoms with Crippen molar-refractivity contribution in [3.05, 3.63) is 0 Å². The molecule has 0 N–H and O–H groups in total. The average molecular weight is 518 g/mol. The van der Waals surface area contributed by atoms with E-state index in [-0.39, 0.29) is 43.3 Å². The lowest BCUT2D eigenvalue weighted by Crippen LogP contribution is -2.34. The Morgan fingerprint density at radius 3 is 1.58 bits per heavy atom. The number of ketones is 1. The van der Waals surface area contributed by atoms with Gasteiger partial charge in [-0.05, 0) is 6.42 Å². The van der Waals surface area contributed by atoms with Crippen LogP contribution in [0.15, 0.2) is 0 Å². The third-order valence-electron chi connectivity index (χ3n) is 5.45. The molecule has 0 saturated heterocycles. The van der Waals surface area contributed by atoms with E-state index < -0.39 is 5.41 Å². The topological polar surface area (TPSA) is 115 Å². The molecule has 3 amide bonds. The summed E-state index contributed by atoms with van der Waals surface area (Å²) in [6.07, 6.45) is 1.00. The predicted octanol–water partition coefficient (Wildman–Crippen LogP) is 0.843. The van der Waals surface area contributed by atoms with Gasteiger partial charge in [-0.3, -0.25) is 19.2 Å². The van der Waals surface area contributed by atoms with Crippen LogP contribution in [0.2, 0.25) is 0 Å². The van der Waals surface area contributed by atoms with Crippen LogP contribution in [-0.4, -0.2) is 132 Å². The molecule has 0 bridgehead atoms. The molecule has 0 radical (unpaired) electrons. The molecule has 0 aliphatic heterocycles. The highest BCUT2D eigenvalue weighted by atomic mass is 16.5. The fourth-order valence-corrected chi connectivity index (χ4v) is 2.56. The van der Waals surface area contributed by atoms with Crippen LogP contribution in [-0.2, 0) is 38.1 Å². The van der Waals surface area contributed by atoms with Gasteiger partial charge in [-0.15, -0.1) is 0 Å². The van der Waals surface area contributed by atoms with Gasteiger partial charge in [0.25, 0.3) is 0 Å². The Bertz CT molecular complexity index is 666. The highest BCUT2D eigenvalue weighted by Gasteiger charge is 2.20. The van der Waals surface area contributed by atoms with Gasteiger partial charge in [0.1, 0.15) is 13.2 Å². The average Bonchev–Trinajstić information content (AvgIpc) is 2.81. The molecule has 0 aliphatic carbocycles. The molecule has 0 aliphatic rings. The van der Waals surface area contributed by atoms with E-state index in [1.165, 1.54) is 11.8 Å². The number of likely N-dealkylation sites (N-methyl/N-ethyl adjacent to an activating group) is 2. The Balaban J connectivity index is 3.67. The molecule has 0 unspecified atom stereocenters. The van der Waals surface area contributed by atoms with E-state index in [9.17, 15) is 19.2 Å². The van der Waals surface area contributed by atoms with Gasteiger partial charge in [0.05, 0.1) is 39.6 Å². The van der Waals surface area contributed by atoms with Gasteiger partial charge in [-0.1, -0.05) is 20.8 Å². The minimum atomic E-state index is -0.411.